The molecule has 5 nitrogen and oxygen atoms in total. The smallest absolute Gasteiger partial charge is 0.216 e. The van der Waals surface area contributed by atoms with Crippen LogP contribution in [0.25, 0.3) is 0 Å². The van der Waals surface area contributed by atoms with Gasteiger partial charge in [0, 0.05) is 59.3 Å². The monoisotopic (exact) mass is 257 g/mol. The van der Waals surface area contributed by atoms with E-state index in [1.165, 1.54) is 6.42 Å². The van der Waals surface area contributed by atoms with Gasteiger partial charge in [-0.25, -0.2) is 0 Å². The number of piperazine rings is 1. The van der Waals surface area contributed by atoms with Crippen molar-refractivity contribution in [1.82, 2.24) is 15.1 Å². The number of methoxy groups -OCH3 is 1. The summed E-state index contributed by atoms with van der Waals surface area (Å²) in [6.07, 6.45) is 1.17. The van der Waals surface area contributed by atoms with E-state index in [9.17, 15) is 4.79 Å². The molecule has 1 heterocycles. The minimum Gasteiger partial charge on any atom is -0.383 e. The molecule has 1 saturated heterocycles. The van der Waals surface area contributed by atoms with Crippen LogP contribution in [0, 0.1) is 0 Å². The topological polar surface area (TPSA) is 44.8 Å². The summed E-state index contributed by atoms with van der Waals surface area (Å²) in [5.41, 5.74) is 0. The van der Waals surface area contributed by atoms with Gasteiger partial charge in [0.25, 0.3) is 0 Å². The molecule has 0 aliphatic carbocycles. The summed E-state index contributed by atoms with van der Waals surface area (Å²) in [6, 6.07) is 0.617. The Hall–Kier alpha value is -0.650. The first kappa shape index (κ1) is 15.4. The van der Waals surface area contributed by atoms with Gasteiger partial charge in [-0.15, -0.1) is 0 Å². The maximum atomic E-state index is 10.8. The lowest BCUT2D eigenvalue weighted by molar-refractivity contribution is -0.119. The molecular weight excluding hydrogens is 230 g/mol. The lowest BCUT2D eigenvalue weighted by Crippen LogP contribution is -2.54. The highest BCUT2D eigenvalue weighted by atomic mass is 16.5. The summed E-state index contributed by atoms with van der Waals surface area (Å²) in [4.78, 5) is 15.8. The second-order valence-electron chi connectivity index (χ2n) is 4.87. The van der Waals surface area contributed by atoms with Crippen LogP contribution in [0.2, 0.25) is 0 Å². The molecule has 1 rings (SSSR count). The van der Waals surface area contributed by atoms with E-state index in [1.807, 2.05) is 0 Å². The summed E-state index contributed by atoms with van der Waals surface area (Å²) in [5, 5.41) is 2.86. The fraction of sp³-hybridized carbons (Fsp3) is 0.923. The molecule has 0 bridgehead atoms. The molecule has 0 aromatic carbocycles. The van der Waals surface area contributed by atoms with Gasteiger partial charge in [0.1, 0.15) is 0 Å². The van der Waals surface area contributed by atoms with Crippen LogP contribution in [-0.4, -0.2) is 74.7 Å². The standard InChI is InChI=1S/C13H27N3O2/c1-4-13-11-15(6-5-14-12(2)17)7-8-16(13)9-10-18-3/h13H,4-11H2,1-3H3,(H,14,17)/t13-/m1/s1. The zero-order chi connectivity index (χ0) is 13.4. The van der Waals surface area contributed by atoms with Crippen LogP contribution < -0.4 is 5.32 Å². The van der Waals surface area contributed by atoms with Crippen LogP contribution in [-0.2, 0) is 9.53 Å². The highest BCUT2D eigenvalue weighted by Gasteiger charge is 2.24. The molecule has 0 spiro atoms. The van der Waals surface area contributed by atoms with Gasteiger partial charge < -0.3 is 10.1 Å². The number of ether oxygens (including phenoxy) is 1. The van der Waals surface area contributed by atoms with Gasteiger partial charge in [-0.05, 0) is 6.42 Å². The first-order valence-corrected chi connectivity index (χ1v) is 6.87. The van der Waals surface area contributed by atoms with Crippen molar-refractivity contribution in [3.05, 3.63) is 0 Å². The van der Waals surface area contributed by atoms with Crippen molar-refractivity contribution < 1.29 is 9.53 Å². The van der Waals surface area contributed by atoms with Gasteiger partial charge in [-0.2, -0.15) is 0 Å². The molecule has 1 atom stereocenters. The van der Waals surface area contributed by atoms with E-state index in [0.29, 0.717) is 6.04 Å². The Morgan fingerprint density at radius 3 is 2.78 bits per heavy atom. The molecule has 0 aromatic rings. The molecule has 0 aromatic heterocycles. The Labute approximate surface area is 110 Å². The van der Waals surface area contributed by atoms with Gasteiger partial charge in [0.15, 0.2) is 0 Å². The highest BCUT2D eigenvalue weighted by molar-refractivity contribution is 5.72. The van der Waals surface area contributed by atoms with Crippen molar-refractivity contribution in [3.63, 3.8) is 0 Å². The average molecular weight is 257 g/mol. The van der Waals surface area contributed by atoms with E-state index < -0.39 is 0 Å². The number of nitrogens with one attached hydrogen (secondary N) is 1. The maximum Gasteiger partial charge on any atom is 0.216 e. The molecule has 1 N–H and O–H groups in total. The largest absolute Gasteiger partial charge is 0.383 e. The fourth-order valence-electron chi connectivity index (χ4n) is 2.44. The minimum absolute atomic E-state index is 0.0563. The summed E-state index contributed by atoms with van der Waals surface area (Å²) in [5.74, 6) is 0.0563. The second-order valence-corrected chi connectivity index (χ2v) is 4.87. The summed E-state index contributed by atoms with van der Waals surface area (Å²) < 4.78 is 5.15. The number of hydrogen-bond donors (Lipinski definition) is 1. The average Bonchev–Trinajstić information content (AvgIpc) is 2.36. The Morgan fingerprint density at radius 2 is 2.17 bits per heavy atom. The van der Waals surface area contributed by atoms with Crippen molar-refractivity contribution in [3.8, 4) is 0 Å². The third-order valence-corrected chi connectivity index (χ3v) is 3.54. The third kappa shape index (κ3) is 5.33. The number of amides is 1. The van der Waals surface area contributed by atoms with Crippen LogP contribution in [0.15, 0.2) is 0 Å². The van der Waals surface area contributed by atoms with Crippen molar-refractivity contribution in [2.24, 2.45) is 0 Å². The molecule has 1 fully saturated rings. The number of carbonyl (C=O) groups is 1. The van der Waals surface area contributed by atoms with Crippen molar-refractivity contribution in [2.45, 2.75) is 26.3 Å². The van der Waals surface area contributed by atoms with Crippen LogP contribution in [0.5, 0.6) is 0 Å². The molecule has 18 heavy (non-hydrogen) atoms. The highest BCUT2D eigenvalue weighted by Crippen LogP contribution is 2.12. The Kier molecular flexibility index (Phi) is 7.23. The van der Waals surface area contributed by atoms with E-state index >= 15 is 0 Å². The SMILES string of the molecule is CC[C@@H]1CN(CCNC(C)=O)CCN1CCOC. The molecule has 1 aliphatic heterocycles. The second kappa shape index (κ2) is 8.45. The predicted octanol–water partition coefficient (Wildman–Crippen LogP) is 0.165. The van der Waals surface area contributed by atoms with Crippen LogP contribution in [0.3, 0.4) is 0 Å². The quantitative estimate of drug-likeness (QED) is 0.706. The molecule has 1 aliphatic rings. The van der Waals surface area contributed by atoms with E-state index in [1.54, 1.807) is 14.0 Å². The Morgan fingerprint density at radius 1 is 1.39 bits per heavy atom. The van der Waals surface area contributed by atoms with Gasteiger partial charge in [-0.1, -0.05) is 6.92 Å². The lowest BCUT2D eigenvalue weighted by Gasteiger charge is -2.41. The van der Waals surface area contributed by atoms with Crippen LogP contribution in [0.4, 0.5) is 0 Å². The zero-order valence-corrected chi connectivity index (χ0v) is 11.9. The van der Waals surface area contributed by atoms with Gasteiger partial charge in [0.05, 0.1) is 6.61 Å². The lowest BCUT2D eigenvalue weighted by atomic mass is 10.1. The number of nitrogens with zero attached hydrogens (tertiary/aromatic N) is 2. The van der Waals surface area contributed by atoms with E-state index in [4.69, 9.17) is 4.74 Å². The maximum absolute atomic E-state index is 10.8. The van der Waals surface area contributed by atoms with Gasteiger partial charge in [-0.3, -0.25) is 14.6 Å². The number of hydrogen-bond acceptors (Lipinski definition) is 4. The van der Waals surface area contributed by atoms with Crippen molar-refractivity contribution >= 4 is 5.91 Å². The zero-order valence-electron chi connectivity index (χ0n) is 11.9. The number of rotatable bonds is 7. The Bertz CT molecular complexity index is 248. The molecule has 5 heteroatoms. The summed E-state index contributed by atoms with van der Waals surface area (Å²) in [7, 11) is 1.75. The predicted molar refractivity (Wildman–Crippen MR) is 72.7 cm³/mol. The molecule has 0 radical (unpaired) electrons. The number of carbonyl (C=O) groups excluding carboxylic acids is 1. The molecule has 1 amide bonds. The molecular formula is C13H27N3O2. The first-order chi connectivity index (χ1) is 8.67. The van der Waals surface area contributed by atoms with Gasteiger partial charge >= 0.3 is 0 Å². The summed E-state index contributed by atoms with van der Waals surface area (Å²) in [6.45, 7) is 10.6. The first-order valence-electron chi connectivity index (χ1n) is 6.87. The van der Waals surface area contributed by atoms with E-state index in [-0.39, 0.29) is 5.91 Å². The molecule has 0 unspecified atom stereocenters. The van der Waals surface area contributed by atoms with Crippen LogP contribution >= 0.6 is 0 Å². The van der Waals surface area contributed by atoms with E-state index in [0.717, 1.165) is 45.9 Å². The van der Waals surface area contributed by atoms with E-state index in [2.05, 4.69) is 22.0 Å². The third-order valence-electron chi connectivity index (χ3n) is 3.54. The van der Waals surface area contributed by atoms with Crippen LogP contribution in [0.1, 0.15) is 20.3 Å². The van der Waals surface area contributed by atoms with Crippen molar-refractivity contribution in [1.29, 1.82) is 0 Å². The molecule has 0 saturated carbocycles. The summed E-state index contributed by atoms with van der Waals surface area (Å²) >= 11 is 0. The fourth-order valence-corrected chi connectivity index (χ4v) is 2.44. The van der Waals surface area contributed by atoms with Crippen molar-refractivity contribution in [2.75, 3.05) is 53.0 Å². The minimum atomic E-state index is 0.0563. The molecule has 106 valence electrons. The normalized spacial score (nSPS) is 22.1. The van der Waals surface area contributed by atoms with Gasteiger partial charge in [0.2, 0.25) is 5.91 Å². The Balaban J connectivity index is 2.28.